The Kier molecular flexibility index (Phi) is 6.58. The highest BCUT2D eigenvalue weighted by Crippen LogP contribution is 2.13. The van der Waals surface area contributed by atoms with E-state index in [2.05, 4.69) is 6.07 Å². The molecule has 0 bridgehead atoms. The van der Waals surface area contributed by atoms with Crippen LogP contribution < -0.4 is 4.74 Å². The fourth-order valence-corrected chi connectivity index (χ4v) is 2.03. The molecule has 0 unspecified atom stereocenters. The van der Waals surface area contributed by atoms with Gasteiger partial charge in [-0.3, -0.25) is 4.79 Å². The Bertz CT molecular complexity index is 460. The zero-order valence-electron chi connectivity index (χ0n) is 12.4. The van der Waals surface area contributed by atoms with Crippen molar-refractivity contribution in [3.05, 3.63) is 29.8 Å². The second-order valence-corrected chi connectivity index (χ2v) is 4.94. The molecule has 4 heteroatoms. The molecule has 0 aromatic heterocycles. The number of hydrogen-bond donors (Lipinski definition) is 0. The predicted octanol–water partition coefficient (Wildman–Crippen LogP) is 2.78. The average Bonchev–Trinajstić information content (AvgIpc) is 2.45. The summed E-state index contributed by atoms with van der Waals surface area (Å²) in [5, 5.41) is 8.64. The number of ether oxygens (including phenoxy) is 1. The Morgan fingerprint density at radius 1 is 1.35 bits per heavy atom. The van der Waals surface area contributed by atoms with Crippen LogP contribution in [0.15, 0.2) is 24.3 Å². The van der Waals surface area contributed by atoms with Crippen LogP contribution in [-0.4, -0.2) is 30.5 Å². The molecule has 0 heterocycles. The van der Waals surface area contributed by atoms with Crippen LogP contribution >= 0.6 is 0 Å². The summed E-state index contributed by atoms with van der Waals surface area (Å²) >= 11 is 0. The summed E-state index contributed by atoms with van der Waals surface area (Å²) in [5.41, 5.74) is 1.11. The van der Waals surface area contributed by atoms with E-state index in [0.717, 1.165) is 11.3 Å². The number of hydrogen-bond acceptors (Lipinski definition) is 3. The normalized spacial score (nSPS) is 10.2. The van der Waals surface area contributed by atoms with Crippen LogP contribution in [0.4, 0.5) is 0 Å². The molecule has 0 saturated heterocycles. The molecule has 0 fully saturated rings. The predicted molar refractivity (Wildman–Crippen MR) is 78.4 cm³/mol. The lowest BCUT2D eigenvalue weighted by atomic mass is 10.1. The molecule has 0 aliphatic heterocycles. The maximum atomic E-state index is 12.2. The minimum absolute atomic E-state index is 0.103. The first-order chi connectivity index (χ1) is 9.58. The van der Waals surface area contributed by atoms with Crippen molar-refractivity contribution in [2.45, 2.75) is 39.2 Å². The van der Waals surface area contributed by atoms with Gasteiger partial charge in [0.1, 0.15) is 5.75 Å². The van der Waals surface area contributed by atoms with Crippen LogP contribution in [-0.2, 0) is 11.2 Å². The van der Waals surface area contributed by atoms with Gasteiger partial charge in [0, 0.05) is 19.0 Å². The second kappa shape index (κ2) is 8.21. The van der Waals surface area contributed by atoms with E-state index < -0.39 is 0 Å². The van der Waals surface area contributed by atoms with Crippen molar-refractivity contribution in [1.29, 1.82) is 5.26 Å². The zero-order valence-corrected chi connectivity index (χ0v) is 12.4. The second-order valence-electron chi connectivity index (χ2n) is 4.94. The maximum absolute atomic E-state index is 12.2. The Hall–Kier alpha value is -2.02. The van der Waals surface area contributed by atoms with Crippen molar-refractivity contribution in [3.63, 3.8) is 0 Å². The van der Waals surface area contributed by atoms with Gasteiger partial charge in [-0.05, 0) is 38.0 Å². The summed E-state index contributed by atoms with van der Waals surface area (Å²) in [6.07, 6.45) is 1.56. The maximum Gasteiger partial charge on any atom is 0.223 e. The topological polar surface area (TPSA) is 53.3 Å². The first kappa shape index (κ1) is 16.0. The van der Waals surface area contributed by atoms with Gasteiger partial charge in [0.15, 0.2) is 0 Å². The number of nitrogens with zero attached hydrogens (tertiary/aromatic N) is 2. The lowest BCUT2D eigenvalue weighted by Gasteiger charge is -2.25. The standard InChI is InChI=1S/C16H22N2O2/c1-13(2)18(12-4-11-17)16(19)10-7-14-5-8-15(20-3)9-6-14/h5-6,8-9,13H,4,7,10,12H2,1-3H3. The summed E-state index contributed by atoms with van der Waals surface area (Å²) in [6.45, 7) is 4.46. The lowest BCUT2D eigenvalue weighted by molar-refractivity contribution is -0.132. The number of rotatable bonds is 7. The number of methoxy groups -OCH3 is 1. The van der Waals surface area contributed by atoms with Crippen LogP contribution in [0.1, 0.15) is 32.3 Å². The van der Waals surface area contributed by atoms with Gasteiger partial charge < -0.3 is 9.64 Å². The average molecular weight is 274 g/mol. The molecule has 0 N–H and O–H groups in total. The highest BCUT2D eigenvalue weighted by molar-refractivity contribution is 5.76. The van der Waals surface area contributed by atoms with E-state index in [0.29, 0.717) is 25.8 Å². The number of carbonyl (C=O) groups is 1. The molecule has 0 atom stereocenters. The Morgan fingerprint density at radius 3 is 2.50 bits per heavy atom. The fourth-order valence-electron chi connectivity index (χ4n) is 2.03. The number of amides is 1. The van der Waals surface area contributed by atoms with Crippen LogP contribution in [0, 0.1) is 11.3 Å². The summed E-state index contributed by atoms with van der Waals surface area (Å²) in [6, 6.07) is 9.96. The van der Waals surface area contributed by atoms with Crippen molar-refractivity contribution < 1.29 is 9.53 Å². The summed E-state index contributed by atoms with van der Waals surface area (Å²) in [7, 11) is 1.63. The highest BCUT2D eigenvalue weighted by atomic mass is 16.5. The van der Waals surface area contributed by atoms with Gasteiger partial charge >= 0.3 is 0 Å². The summed E-state index contributed by atoms with van der Waals surface area (Å²) in [4.78, 5) is 13.9. The molecule has 0 aliphatic rings. The molecular formula is C16H22N2O2. The monoisotopic (exact) mass is 274 g/mol. The molecule has 0 aliphatic carbocycles. The van der Waals surface area contributed by atoms with Gasteiger partial charge in [0.05, 0.1) is 19.6 Å². The van der Waals surface area contributed by atoms with E-state index in [4.69, 9.17) is 10.00 Å². The molecule has 1 rings (SSSR count). The van der Waals surface area contributed by atoms with Crippen LogP contribution in [0.25, 0.3) is 0 Å². The van der Waals surface area contributed by atoms with Crippen LogP contribution in [0.2, 0.25) is 0 Å². The minimum atomic E-state index is 0.103. The quantitative estimate of drug-likeness (QED) is 0.768. The Labute approximate surface area is 121 Å². The van der Waals surface area contributed by atoms with E-state index in [-0.39, 0.29) is 11.9 Å². The summed E-state index contributed by atoms with van der Waals surface area (Å²) in [5.74, 6) is 0.920. The van der Waals surface area contributed by atoms with Crippen molar-refractivity contribution >= 4 is 5.91 Å². The third-order valence-corrected chi connectivity index (χ3v) is 3.19. The van der Waals surface area contributed by atoms with Gasteiger partial charge in [-0.2, -0.15) is 5.26 Å². The van der Waals surface area contributed by atoms with Gasteiger partial charge in [0.25, 0.3) is 0 Å². The number of aryl methyl sites for hydroxylation is 1. The number of carbonyl (C=O) groups excluding carboxylic acids is 1. The molecule has 4 nitrogen and oxygen atoms in total. The lowest BCUT2D eigenvalue weighted by Crippen LogP contribution is -2.37. The molecule has 0 radical (unpaired) electrons. The molecule has 1 aromatic rings. The minimum Gasteiger partial charge on any atom is -0.497 e. The SMILES string of the molecule is COc1ccc(CCC(=O)N(CCC#N)C(C)C)cc1. The van der Waals surface area contributed by atoms with E-state index >= 15 is 0 Å². The third-order valence-electron chi connectivity index (χ3n) is 3.19. The van der Waals surface area contributed by atoms with E-state index in [9.17, 15) is 4.79 Å². The third kappa shape index (κ3) is 4.93. The largest absolute Gasteiger partial charge is 0.497 e. The molecular weight excluding hydrogens is 252 g/mol. The van der Waals surface area contributed by atoms with Crippen LogP contribution in [0.3, 0.4) is 0 Å². The molecule has 0 spiro atoms. The molecule has 0 saturated carbocycles. The smallest absolute Gasteiger partial charge is 0.223 e. The molecule has 1 amide bonds. The highest BCUT2D eigenvalue weighted by Gasteiger charge is 2.16. The molecule has 20 heavy (non-hydrogen) atoms. The van der Waals surface area contributed by atoms with Crippen molar-refractivity contribution in [3.8, 4) is 11.8 Å². The molecule has 108 valence electrons. The summed E-state index contributed by atoms with van der Waals surface area (Å²) < 4.78 is 5.10. The van der Waals surface area contributed by atoms with Gasteiger partial charge in [-0.25, -0.2) is 0 Å². The number of benzene rings is 1. The first-order valence-electron chi connectivity index (χ1n) is 6.87. The van der Waals surface area contributed by atoms with Crippen molar-refractivity contribution in [1.82, 2.24) is 4.90 Å². The van der Waals surface area contributed by atoms with E-state index in [1.54, 1.807) is 12.0 Å². The number of nitriles is 1. The van der Waals surface area contributed by atoms with E-state index in [1.165, 1.54) is 0 Å². The van der Waals surface area contributed by atoms with Crippen LogP contribution in [0.5, 0.6) is 5.75 Å². The van der Waals surface area contributed by atoms with E-state index in [1.807, 2.05) is 38.1 Å². The van der Waals surface area contributed by atoms with Gasteiger partial charge in [0.2, 0.25) is 5.91 Å². The van der Waals surface area contributed by atoms with Crippen molar-refractivity contribution in [2.75, 3.05) is 13.7 Å². The fraction of sp³-hybridized carbons (Fsp3) is 0.500. The van der Waals surface area contributed by atoms with Gasteiger partial charge in [-0.15, -0.1) is 0 Å². The Balaban J connectivity index is 2.53. The van der Waals surface area contributed by atoms with Gasteiger partial charge in [-0.1, -0.05) is 12.1 Å². The first-order valence-corrected chi connectivity index (χ1v) is 6.87. The van der Waals surface area contributed by atoms with Crippen molar-refractivity contribution in [2.24, 2.45) is 0 Å². The zero-order chi connectivity index (χ0) is 15.0. The molecule has 1 aromatic carbocycles. The Morgan fingerprint density at radius 2 is 2.00 bits per heavy atom.